The third-order valence-electron chi connectivity index (χ3n) is 5.12. The van der Waals surface area contributed by atoms with Gasteiger partial charge < -0.3 is 10.1 Å². The number of hydrogen-bond acceptors (Lipinski definition) is 3. The van der Waals surface area contributed by atoms with Crippen LogP contribution >= 0.6 is 0 Å². The van der Waals surface area contributed by atoms with Crippen molar-refractivity contribution in [1.29, 1.82) is 0 Å². The molecule has 2 fully saturated rings. The Balaban J connectivity index is 1.89. The summed E-state index contributed by atoms with van der Waals surface area (Å²) in [5, 5.41) is 2.82. The zero-order chi connectivity index (χ0) is 16.2. The third-order valence-corrected chi connectivity index (χ3v) is 5.12. The molecule has 0 aromatic carbocycles. The van der Waals surface area contributed by atoms with Gasteiger partial charge in [-0.25, -0.2) is 8.78 Å². The van der Waals surface area contributed by atoms with Gasteiger partial charge in [-0.2, -0.15) is 0 Å². The molecule has 0 aromatic rings. The van der Waals surface area contributed by atoms with Crippen LogP contribution in [0.5, 0.6) is 0 Å². The quantitative estimate of drug-likeness (QED) is 0.811. The fourth-order valence-electron chi connectivity index (χ4n) is 3.60. The Morgan fingerprint density at radius 2 is 1.68 bits per heavy atom. The lowest BCUT2D eigenvalue weighted by Gasteiger charge is -2.35. The summed E-state index contributed by atoms with van der Waals surface area (Å²) in [5.41, 5.74) is -0.638. The van der Waals surface area contributed by atoms with E-state index in [1.54, 1.807) is 0 Å². The molecule has 0 aromatic heterocycles. The number of hydrogen-bond donors (Lipinski definition) is 1. The molecule has 1 amide bonds. The first kappa shape index (κ1) is 17.2. The summed E-state index contributed by atoms with van der Waals surface area (Å²) in [7, 11) is 1.36. The number of methoxy groups -OCH3 is 1. The highest BCUT2D eigenvalue weighted by Gasteiger charge is 2.42. The fourth-order valence-corrected chi connectivity index (χ4v) is 3.60. The summed E-state index contributed by atoms with van der Waals surface area (Å²) in [6.45, 7) is 0.255. The van der Waals surface area contributed by atoms with Crippen molar-refractivity contribution in [2.45, 2.75) is 63.7 Å². The van der Waals surface area contributed by atoms with Crippen LogP contribution in [0.25, 0.3) is 0 Å². The molecule has 0 aliphatic heterocycles. The normalized spacial score (nSPS) is 24.5. The second-order valence-corrected chi connectivity index (χ2v) is 6.68. The molecule has 2 rings (SSSR count). The van der Waals surface area contributed by atoms with E-state index in [1.807, 2.05) is 0 Å². The molecule has 2 saturated carbocycles. The van der Waals surface area contributed by atoms with Crippen molar-refractivity contribution in [2.24, 2.45) is 11.3 Å². The summed E-state index contributed by atoms with van der Waals surface area (Å²) in [4.78, 5) is 24.3. The predicted octanol–water partition coefficient (Wildman–Crippen LogP) is 3.05. The Hall–Kier alpha value is -1.20. The highest BCUT2D eigenvalue weighted by molar-refractivity contribution is 5.81. The summed E-state index contributed by atoms with van der Waals surface area (Å²) in [6, 6.07) is 0. The average molecular weight is 317 g/mol. The average Bonchev–Trinajstić information content (AvgIpc) is 2.52. The molecule has 0 unspecified atom stereocenters. The monoisotopic (exact) mass is 317 g/mol. The minimum atomic E-state index is -2.63. The molecule has 6 heteroatoms. The number of rotatable bonds is 4. The van der Waals surface area contributed by atoms with E-state index in [0.717, 1.165) is 19.3 Å². The van der Waals surface area contributed by atoms with Crippen LogP contribution in [0.3, 0.4) is 0 Å². The summed E-state index contributed by atoms with van der Waals surface area (Å²) >= 11 is 0. The minimum absolute atomic E-state index is 0.204. The van der Waals surface area contributed by atoms with Crippen LogP contribution < -0.4 is 5.32 Å². The molecular weight excluding hydrogens is 292 g/mol. The fraction of sp³-hybridized carbons (Fsp3) is 0.875. The maximum atomic E-state index is 13.1. The van der Waals surface area contributed by atoms with Crippen molar-refractivity contribution in [3.8, 4) is 0 Å². The Labute approximate surface area is 130 Å². The summed E-state index contributed by atoms with van der Waals surface area (Å²) in [6.07, 6.45) is 4.37. The lowest BCUT2D eigenvalue weighted by atomic mass is 9.73. The van der Waals surface area contributed by atoms with Gasteiger partial charge in [0.2, 0.25) is 11.8 Å². The highest BCUT2D eigenvalue weighted by atomic mass is 19.3. The van der Waals surface area contributed by atoms with Crippen molar-refractivity contribution in [3.05, 3.63) is 0 Å². The SMILES string of the molecule is COC(=O)C1(CNC(=O)C2CCC(F)(F)CC2)CCCCC1. The molecule has 0 heterocycles. The van der Waals surface area contributed by atoms with E-state index in [1.165, 1.54) is 7.11 Å². The molecule has 0 atom stereocenters. The van der Waals surface area contributed by atoms with Gasteiger partial charge in [0.05, 0.1) is 12.5 Å². The van der Waals surface area contributed by atoms with E-state index >= 15 is 0 Å². The molecule has 0 spiro atoms. The van der Waals surface area contributed by atoms with Gasteiger partial charge in [0.25, 0.3) is 0 Å². The molecular formula is C16H25F2NO3. The molecule has 2 aliphatic rings. The molecule has 2 aliphatic carbocycles. The first-order chi connectivity index (χ1) is 10.4. The van der Waals surface area contributed by atoms with Crippen molar-refractivity contribution in [2.75, 3.05) is 13.7 Å². The van der Waals surface area contributed by atoms with Gasteiger partial charge in [-0.3, -0.25) is 9.59 Å². The second kappa shape index (κ2) is 6.92. The highest BCUT2D eigenvalue weighted by Crippen LogP contribution is 2.38. The molecule has 22 heavy (non-hydrogen) atoms. The maximum absolute atomic E-state index is 13.1. The van der Waals surface area contributed by atoms with Gasteiger partial charge in [-0.15, -0.1) is 0 Å². The summed E-state index contributed by atoms with van der Waals surface area (Å²) < 4.78 is 31.2. The lowest BCUT2D eigenvalue weighted by Crippen LogP contribution is -2.47. The number of alkyl halides is 2. The van der Waals surface area contributed by atoms with Gasteiger partial charge in [-0.05, 0) is 25.7 Å². The van der Waals surface area contributed by atoms with E-state index in [0.29, 0.717) is 12.8 Å². The van der Waals surface area contributed by atoms with Crippen LogP contribution in [0, 0.1) is 11.3 Å². The van der Waals surface area contributed by atoms with E-state index in [4.69, 9.17) is 4.74 Å². The zero-order valence-electron chi connectivity index (χ0n) is 13.1. The largest absolute Gasteiger partial charge is 0.469 e. The topological polar surface area (TPSA) is 55.4 Å². The zero-order valence-corrected chi connectivity index (χ0v) is 13.1. The predicted molar refractivity (Wildman–Crippen MR) is 77.4 cm³/mol. The van der Waals surface area contributed by atoms with Crippen molar-refractivity contribution >= 4 is 11.9 Å². The van der Waals surface area contributed by atoms with Gasteiger partial charge in [0.1, 0.15) is 0 Å². The smallest absolute Gasteiger partial charge is 0.313 e. The molecule has 0 saturated heterocycles. The Kier molecular flexibility index (Phi) is 5.40. The molecule has 4 nitrogen and oxygen atoms in total. The minimum Gasteiger partial charge on any atom is -0.469 e. The number of carbonyl (C=O) groups excluding carboxylic acids is 2. The van der Waals surface area contributed by atoms with Crippen molar-refractivity contribution in [3.63, 3.8) is 0 Å². The van der Waals surface area contributed by atoms with E-state index < -0.39 is 11.3 Å². The Morgan fingerprint density at radius 1 is 1.09 bits per heavy atom. The number of amides is 1. The summed E-state index contributed by atoms with van der Waals surface area (Å²) in [5.74, 6) is -3.47. The third kappa shape index (κ3) is 3.96. The lowest BCUT2D eigenvalue weighted by molar-refractivity contribution is -0.155. The second-order valence-electron chi connectivity index (χ2n) is 6.68. The number of nitrogens with one attached hydrogen (secondary N) is 1. The molecule has 0 bridgehead atoms. The van der Waals surface area contributed by atoms with Crippen LogP contribution in [0.4, 0.5) is 8.78 Å². The van der Waals surface area contributed by atoms with Crippen LogP contribution in [-0.4, -0.2) is 31.5 Å². The van der Waals surface area contributed by atoms with E-state index in [2.05, 4.69) is 5.32 Å². The van der Waals surface area contributed by atoms with Crippen LogP contribution in [-0.2, 0) is 14.3 Å². The van der Waals surface area contributed by atoms with Crippen LogP contribution in [0.1, 0.15) is 57.8 Å². The Morgan fingerprint density at radius 3 is 2.23 bits per heavy atom. The van der Waals surface area contributed by atoms with Gasteiger partial charge >= 0.3 is 5.97 Å². The first-order valence-corrected chi connectivity index (χ1v) is 8.13. The van der Waals surface area contributed by atoms with Crippen LogP contribution in [0.2, 0.25) is 0 Å². The standard InChI is InChI=1S/C16H25F2NO3/c1-22-14(21)15(7-3-2-4-8-15)11-19-13(20)12-5-9-16(17,18)10-6-12/h12H,2-11H2,1H3,(H,19,20). The van der Waals surface area contributed by atoms with Crippen molar-refractivity contribution in [1.82, 2.24) is 5.32 Å². The van der Waals surface area contributed by atoms with E-state index in [9.17, 15) is 18.4 Å². The van der Waals surface area contributed by atoms with Crippen molar-refractivity contribution < 1.29 is 23.1 Å². The first-order valence-electron chi connectivity index (χ1n) is 8.13. The molecule has 126 valence electrons. The van der Waals surface area contributed by atoms with Gasteiger partial charge in [0.15, 0.2) is 0 Å². The number of halogens is 2. The maximum Gasteiger partial charge on any atom is 0.313 e. The number of carbonyl (C=O) groups is 2. The van der Waals surface area contributed by atoms with Crippen LogP contribution in [0.15, 0.2) is 0 Å². The van der Waals surface area contributed by atoms with E-state index in [-0.39, 0.29) is 50.0 Å². The molecule has 1 N–H and O–H groups in total. The number of ether oxygens (including phenoxy) is 1. The molecule has 0 radical (unpaired) electrons. The Bertz CT molecular complexity index is 410. The number of esters is 1. The van der Waals surface area contributed by atoms with Gasteiger partial charge in [0, 0.05) is 25.3 Å². The van der Waals surface area contributed by atoms with Gasteiger partial charge in [-0.1, -0.05) is 19.3 Å².